The van der Waals surface area contributed by atoms with Crippen LogP contribution < -0.4 is 11.3 Å². The molecule has 3 aromatic rings. The van der Waals surface area contributed by atoms with E-state index in [2.05, 4.69) is 4.98 Å². The fraction of sp³-hybridized carbons (Fsp3) is 0. The molecule has 5 heteroatoms. The predicted octanol–water partition coefficient (Wildman–Crippen LogP) is 4.08. The number of aromatic amines is 1. The highest BCUT2D eigenvalue weighted by molar-refractivity contribution is 6.41. The largest absolute Gasteiger partial charge is 0.397 e. The van der Waals surface area contributed by atoms with Gasteiger partial charge in [-0.3, -0.25) is 4.79 Å². The Morgan fingerprint density at radius 2 is 1.60 bits per heavy atom. The van der Waals surface area contributed by atoms with Crippen molar-refractivity contribution in [3.63, 3.8) is 0 Å². The summed E-state index contributed by atoms with van der Waals surface area (Å²) in [4.78, 5) is 15.0. The van der Waals surface area contributed by atoms with Crippen LogP contribution in [0.3, 0.4) is 0 Å². The number of hydrogen-bond donors (Lipinski definition) is 2. The summed E-state index contributed by atoms with van der Waals surface area (Å²) in [5.74, 6) is 0. The molecular formula is C15H10Cl2N2O. The maximum absolute atomic E-state index is 12.3. The molecule has 0 fully saturated rings. The van der Waals surface area contributed by atoms with Crippen LogP contribution in [0.25, 0.3) is 22.0 Å². The Morgan fingerprint density at radius 1 is 0.950 bits per heavy atom. The molecule has 3 nitrogen and oxygen atoms in total. The Bertz CT molecular complexity index is 857. The number of aromatic nitrogens is 1. The first-order valence-electron chi connectivity index (χ1n) is 5.94. The standard InChI is InChI=1S/C15H10Cl2N2O/c16-9-6-7-10(17)14-12(9)13(18)11(15(20)19-14)8-4-2-1-3-5-8/h1-7H,(H3,18,19,20). The van der Waals surface area contributed by atoms with Crippen molar-refractivity contribution in [1.82, 2.24) is 4.98 Å². The van der Waals surface area contributed by atoms with E-state index in [1.54, 1.807) is 12.1 Å². The van der Waals surface area contributed by atoms with Gasteiger partial charge in [-0.25, -0.2) is 0 Å². The molecule has 2 aromatic carbocycles. The first-order valence-corrected chi connectivity index (χ1v) is 6.70. The number of benzene rings is 2. The number of halogens is 2. The van der Waals surface area contributed by atoms with E-state index in [0.717, 1.165) is 5.56 Å². The van der Waals surface area contributed by atoms with E-state index in [0.29, 0.717) is 32.2 Å². The second-order valence-corrected chi connectivity index (χ2v) is 5.20. The summed E-state index contributed by atoms with van der Waals surface area (Å²) in [6.45, 7) is 0. The lowest BCUT2D eigenvalue weighted by atomic mass is 10.0. The van der Waals surface area contributed by atoms with Gasteiger partial charge in [-0.1, -0.05) is 53.5 Å². The number of nitrogen functional groups attached to an aromatic ring is 1. The topological polar surface area (TPSA) is 58.9 Å². The molecule has 20 heavy (non-hydrogen) atoms. The summed E-state index contributed by atoms with van der Waals surface area (Å²) in [7, 11) is 0. The Morgan fingerprint density at radius 3 is 2.30 bits per heavy atom. The number of anilines is 1. The molecule has 0 atom stereocenters. The summed E-state index contributed by atoms with van der Waals surface area (Å²) >= 11 is 12.3. The zero-order valence-electron chi connectivity index (χ0n) is 10.3. The summed E-state index contributed by atoms with van der Waals surface area (Å²) in [6, 6.07) is 12.5. The smallest absolute Gasteiger partial charge is 0.258 e. The number of rotatable bonds is 1. The van der Waals surface area contributed by atoms with E-state index in [1.807, 2.05) is 30.3 Å². The fourth-order valence-corrected chi connectivity index (χ4v) is 2.72. The van der Waals surface area contributed by atoms with Gasteiger partial charge in [0.05, 0.1) is 26.8 Å². The Hall–Kier alpha value is -1.97. The third-order valence-corrected chi connectivity index (χ3v) is 3.80. The lowest BCUT2D eigenvalue weighted by molar-refractivity contribution is 1.31. The predicted molar refractivity (Wildman–Crippen MR) is 84.4 cm³/mol. The maximum Gasteiger partial charge on any atom is 0.258 e. The number of nitrogens with two attached hydrogens (primary N) is 1. The number of H-pyrrole nitrogens is 1. The van der Waals surface area contributed by atoms with Crippen LogP contribution in [-0.4, -0.2) is 4.98 Å². The van der Waals surface area contributed by atoms with Crippen LogP contribution in [0.1, 0.15) is 0 Å². The Balaban J connectivity index is 2.47. The van der Waals surface area contributed by atoms with Crippen molar-refractivity contribution in [3.05, 3.63) is 62.9 Å². The molecule has 1 aromatic heterocycles. The average Bonchev–Trinajstić information content (AvgIpc) is 2.44. The molecular weight excluding hydrogens is 295 g/mol. The molecule has 0 unspecified atom stereocenters. The van der Waals surface area contributed by atoms with Gasteiger partial charge in [0, 0.05) is 5.39 Å². The van der Waals surface area contributed by atoms with Crippen molar-refractivity contribution in [2.24, 2.45) is 0 Å². The van der Waals surface area contributed by atoms with Crippen molar-refractivity contribution in [1.29, 1.82) is 0 Å². The highest BCUT2D eigenvalue weighted by Gasteiger charge is 2.15. The normalized spacial score (nSPS) is 10.9. The number of nitrogens with one attached hydrogen (secondary N) is 1. The van der Waals surface area contributed by atoms with E-state index in [-0.39, 0.29) is 5.56 Å². The summed E-state index contributed by atoms with van der Waals surface area (Å²) in [5.41, 5.74) is 7.81. The number of fused-ring (bicyclic) bond motifs is 1. The highest BCUT2D eigenvalue weighted by atomic mass is 35.5. The first kappa shape index (κ1) is 13.0. The SMILES string of the molecule is Nc1c(-c2ccccc2)c(=O)[nH]c2c(Cl)ccc(Cl)c12. The number of pyridine rings is 1. The number of hydrogen-bond acceptors (Lipinski definition) is 2. The zero-order valence-corrected chi connectivity index (χ0v) is 11.8. The van der Waals surface area contributed by atoms with Gasteiger partial charge in [0.15, 0.2) is 0 Å². The summed E-state index contributed by atoms with van der Waals surface area (Å²) in [6.07, 6.45) is 0. The van der Waals surface area contributed by atoms with Gasteiger partial charge in [0.1, 0.15) is 0 Å². The van der Waals surface area contributed by atoms with Crippen LogP contribution in [-0.2, 0) is 0 Å². The molecule has 0 aliphatic carbocycles. The van der Waals surface area contributed by atoms with Gasteiger partial charge in [-0.15, -0.1) is 0 Å². The van der Waals surface area contributed by atoms with Crippen LogP contribution in [0.5, 0.6) is 0 Å². The van der Waals surface area contributed by atoms with Gasteiger partial charge in [-0.2, -0.15) is 0 Å². The van der Waals surface area contributed by atoms with Crippen molar-refractivity contribution in [2.75, 3.05) is 5.73 Å². The van der Waals surface area contributed by atoms with Crippen LogP contribution in [0.15, 0.2) is 47.3 Å². The highest BCUT2D eigenvalue weighted by Crippen LogP contribution is 2.35. The van der Waals surface area contributed by atoms with Gasteiger partial charge in [0.2, 0.25) is 0 Å². The molecule has 0 radical (unpaired) electrons. The van der Waals surface area contributed by atoms with Crippen molar-refractivity contribution in [3.8, 4) is 11.1 Å². The minimum atomic E-state index is -0.287. The van der Waals surface area contributed by atoms with Crippen molar-refractivity contribution >= 4 is 39.8 Å². The quantitative estimate of drug-likeness (QED) is 0.711. The summed E-state index contributed by atoms with van der Waals surface area (Å²) < 4.78 is 0. The van der Waals surface area contributed by atoms with Gasteiger partial charge in [-0.05, 0) is 17.7 Å². The third-order valence-electron chi connectivity index (χ3n) is 3.17. The van der Waals surface area contributed by atoms with Gasteiger partial charge >= 0.3 is 0 Å². The molecule has 0 bridgehead atoms. The first-order chi connectivity index (χ1) is 9.59. The molecule has 3 N–H and O–H groups in total. The average molecular weight is 305 g/mol. The van der Waals surface area contributed by atoms with Crippen LogP contribution in [0.4, 0.5) is 5.69 Å². The molecule has 3 rings (SSSR count). The maximum atomic E-state index is 12.3. The zero-order chi connectivity index (χ0) is 14.3. The van der Waals surface area contributed by atoms with E-state index in [1.165, 1.54) is 0 Å². The molecule has 100 valence electrons. The van der Waals surface area contributed by atoms with Crippen LogP contribution in [0.2, 0.25) is 10.0 Å². The lowest BCUT2D eigenvalue weighted by Crippen LogP contribution is -2.12. The lowest BCUT2D eigenvalue weighted by Gasteiger charge is -2.11. The Kier molecular flexibility index (Phi) is 3.16. The molecule has 0 saturated carbocycles. The third kappa shape index (κ3) is 1.96. The monoisotopic (exact) mass is 304 g/mol. The molecule has 0 aliphatic heterocycles. The second-order valence-electron chi connectivity index (χ2n) is 4.39. The van der Waals surface area contributed by atoms with Gasteiger partial charge < -0.3 is 10.7 Å². The molecule has 1 heterocycles. The van der Waals surface area contributed by atoms with Crippen molar-refractivity contribution in [2.45, 2.75) is 0 Å². The van der Waals surface area contributed by atoms with E-state index in [4.69, 9.17) is 28.9 Å². The summed E-state index contributed by atoms with van der Waals surface area (Å²) in [5, 5.41) is 1.43. The van der Waals surface area contributed by atoms with Gasteiger partial charge in [0.25, 0.3) is 5.56 Å². The second kappa shape index (κ2) is 4.85. The molecule has 0 saturated heterocycles. The van der Waals surface area contributed by atoms with Crippen LogP contribution >= 0.6 is 23.2 Å². The molecule has 0 aliphatic rings. The fourth-order valence-electron chi connectivity index (χ4n) is 2.25. The van der Waals surface area contributed by atoms with Crippen molar-refractivity contribution < 1.29 is 0 Å². The van der Waals surface area contributed by atoms with E-state index >= 15 is 0 Å². The minimum Gasteiger partial charge on any atom is -0.397 e. The van der Waals surface area contributed by atoms with E-state index < -0.39 is 0 Å². The van der Waals surface area contributed by atoms with Crippen LogP contribution in [0, 0.1) is 0 Å². The molecule has 0 spiro atoms. The molecule has 0 amide bonds. The Labute approximate surface area is 124 Å². The van der Waals surface area contributed by atoms with E-state index in [9.17, 15) is 4.79 Å². The minimum absolute atomic E-state index is 0.287.